The van der Waals surface area contributed by atoms with Gasteiger partial charge in [0.15, 0.2) is 0 Å². The van der Waals surface area contributed by atoms with Crippen molar-refractivity contribution < 1.29 is 14.3 Å². The smallest absolute Gasteiger partial charge is 0.336 e. The van der Waals surface area contributed by atoms with Crippen LogP contribution in [0.15, 0.2) is 71.0 Å². The number of carbonyl (C=O) groups is 2. The lowest BCUT2D eigenvalue weighted by molar-refractivity contribution is -0.146. The largest absolute Gasteiger partial charge is 0.459 e. The fraction of sp³-hybridized carbons (Fsp3) is 0.429. The molecule has 0 radical (unpaired) electrons. The molecule has 0 N–H and O–H groups in total. The van der Waals surface area contributed by atoms with Crippen molar-refractivity contribution in [3.63, 3.8) is 0 Å². The number of ether oxygens (including phenoxy) is 1. The summed E-state index contributed by atoms with van der Waals surface area (Å²) in [4.78, 5) is 36.4. The second kappa shape index (κ2) is 9.42. The summed E-state index contributed by atoms with van der Waals surface area (Å²) in [5, 5.41) is 0. The van der Waals surface area contributed by atoms with Gasteiger partial charge in [0, 0.05) is 29.7 Å². The molecule has 33 heavy (non-hydrogen) atoms. The molecule has 5 heteroatoms. The van der Waals surface area contributed by atoms with E-state index >= 15 is 0 Å². The first-order chi connectivity index (χ1) is 16.1. The Hall–Kier alpha value is -3.08. The summed E-state index contributed by atoms with van der Waals surface area (Å²) < 4.78 is 5.95. The minimum Gasteiger partial charge on any atom is -0.459 e. The Morgan fingerprint density at radius 1 is 0.939 bits per heavy atom. The lowest BCUT2D eigenvalue weighted by Gasteiger charge is -2.38. The van der Waals surface area contributed by atoms with Crippen molar-refractivity contribution >= 4 is 17.5 Å². The molecule has 3 atom stereocenters. The molecular weight excluding hydrogens is 412 g/mol. The minimum atomic E-state index is -0.461. The fourth-order valence-electron chi connectivity index (χ4n) is 5.68. The number of pyridine rings is 1. The number of esters is 1. The van der Waals surface area contributed by atoms with Crippen LogP contribution in [0, 0.1) is 5.92 Å². The van der Waals surface area contributed by atoms with E-state index in [2.05, 4.69) is 17.1 Å². The van der Waals surface area contributed by atoms with Gasteiger partial charge in [0.2, 0.25) is 0 Å². The molecule has 2 aliphatic carbocycles. The van der Waals surface area contributed by atoms with E-state index in [1.165, 1.54) is 6.42 Å². The quantitative estimate of drug-likeness (QED) is 0.584. The number of hydrogen-bond acceptors (Lipinski definition) is 5. The van der Waals surface area contributed by atoms with Crippen molar-refractivity contribution in [2.45, 2.75) is 69.8 Å². The van der Waals surface area contributed by atoms with Gasteiger partial charge < -0.3 is 4.74 Å². The molecule has 3 aliphatic rings. The summed E-state index contributed by atoms with van der Waals surface area (Å²) in [5.74, 6) is -1.01. The van der Waals surface area contributed by atoms with E-state index in [0.29, 0.717) is 24.1 Å². The number of benzene rings is 1. The lowest BCUT2D eigenvalue weighted by Crippen LogP contribution is -2.41. The summed E-state index contributed by atoms with van der Waals surface area (Å²) in [6, 6.07) is 15.8. The Morgan fingerprint density at radius 2 is 1.70 bits per heavy atom. The number of carbonyl (C=O) groups excluding carboxylic acids is 2. The van der Waals surface area contributed by atoms with Crippen LogP contribution in [0.4, 0.5) is 0 Å². The molecule has 0 bridgehead atoms. The maximum Gasteiger partial charge on any atom is 0.336 e. The monoisotopic (exact) mass is 442 g/mol. The summed E-state index contributed by atoms with van der Waals surface area (Å²) >= 11 is 0. The predicted molar refractivity (Wildman–Crippen MR) is 127 cm³/mol. The van der Waals surface area contributed by atoms with Crippen LogP contribution in [0.3, 0.4) is 0 Å². The van der Waals surface area contributed by atoms with Crippen molar-refractivity contribution in [1.29, 1.82) is 0 Å². The van der Waals surface area contributed by atoms with Gasteiger partial charge in [-0.15, -0.1) is 0 Å². The number of ketones is 1. The first kappa shape index (κ1) is 21.7. The molecule has 5 rings (SSSR count). The second-order valence-corrected chi connectivity index (χ2v) is 9.46. The zero-order chi connectivity index (χ0) is 22.8. The maximum atomic E-state index is 13.6. The highest BCUT2D eigenvalue weighted by atomic mass is 16.5. The summed E-state index contributed by atoms with van der Waals surface area (Å²) in [7, 11) is 0. The molecular formula is C28H30N2O3. The van der Waals surface area contributed by atoms with Crippen LogP contribution < -0.4 is 0 Å². The van der Waals surface area contributed by atoms with Crippen molar-refractivity contribution in [2.75, 3.05) is 0 Å². The Morgan fingerprint density at radius 3 is 2.42 bits per heavy atom. The van der Waals surface area contributed by atoms with Crippen LogP contribution in [-0.2, 0) is 14.3 Å². The van der Waals surface area contributed by atoms with Crippen LogP contribution in [0.2, 0.25) is 0 Å². The van der Waals surface area contributed by atoms with E-state index < -0.39 is 11.8 Å². The summed E-state index contributed by atoms with van der Waals surface area (Å²) in [6.45, 7) is 1.87. The Bertz CT molecular complexity index is 1080. The standard InChI is InChI=1S/C28H30N2O3/c1-18-25(28(32)33-21-12-6-3-7-13-21)27(22-14-8-9-15-29-22)26-23(30-18)16-20(17-24(26)31)19-10-4-2-5-11-19/h2,4-5,8-11,14-15,20-21,26-27H,3,6-7,12-13,16-17H2,1H3/t20-,26-,27+/m1/s1. The average Bonchev–Trinajstić information content (AvgIpc) is 2.84. The van der Waals surface area contributed by atoms with Gasteiger partial charge in [0.1, 0.15) is 11.9 Å². The van der Waals surface area contributed by atoms with Gasteiger partial charge in [-0.05, 0) is 62.6 Å². The number of aromatic nitrogens is 1. The van der Waals surface area contributed by atoms with Gasteiger partial charge in [-0.25, -0.2) is 4.79 Å². The third-order valence-corrected chi connectivity index (χ3v) is 7.28. The SMILES string of the molecule is CC1=C(C(=O)OC2CCCCC2)[C@H](c2ccccn2)[C@H]2C(=O)C[C@H](c3ccccc3)CC2=N1. The van der Waals surface area contributed by atoms with E-state index in [1.807, 2.05) is 43.3 Å². The van der Waals surface area contributed by atoms with E-state index in [1.54, 1.807) is 6.20 Å². The number of Topliss-reactive ketones (excluding diaryl/α,β-unsaturated/α-hetero) is 1. The second-order valence-electron chi connectivity index (χ2n) is 9.46. The normalized spacial score (nSPS) is 25.9. The molecule has 2 heterocycles. The van der Waals surface area contributed by atoms with E-state index in [0.717, 1.165) is 42.7 Å². The van der Waals surface area contributed by atoms with Crippen molar-refractivity contribution in [1.82, 2.24) is 4.98 Å². The molecule has 0 unspecified atom stereocenters. The fourth-order valence-corrected chi connectivity index (χ4v) is 5.68. The maximum absolute atomic E-state index is 13.6. The number of rotatable bonds is 4. The molecule has 5 nitrogen and oxygen atoms in total. The van der Waals surface area contributed by atoms with Gasteiger partial charge in [-0.1, -0.05) is 42.8 Å². The molecule has 2 fully saturated rings. The topological polar surface area (TPSA) is 68.6 Å². The third kappa shape index (κ3) is 4.41. The van der Waals surface area contributed by atoms with E-state index in [4.69, 9.17) is 9.73 Å². The van der Waals surface area contributed by atoms with Crippen LogP contribution in [0.25, 0.3) is 0 Å². The number of fused-ring (bicyclic) bond motifs is 1. The molecule has 2 aromatic rings. The highest BCUT2D eigenvalue weighted by molar-refractivity contribution is 6.12. The average molecular weight is 443 g/mol. The Balaban J connectivity index is 1.52. The highest BCUT2D eigenvalue weighted by Crippen LogP contribution is 2.45. The van der Waals surface area contributed by atoms with E-state index in [9.17, 15) is 9.59 Å². The molecule has 170 valence electrons. The molecule has 0 spiro atoms. The highest BCUT2D eigenvalue weighted by Gasteiger charge is 2.46. The first-order valence-corrected chi connectivity index (χ1v) is 12.1. The zero-order valence-electron chi connectivity index (χ0n) is 19.1. The number of hydrogen-bond donors (Lipinski definition) is 0. The van der Waals surface area contributed by atoms with Crippen LogP contribution >= 0.6 is 0 Å². The number of aliphatic imine (C=N–C) groups is 1. The minimum absolute atomic E-state index is 0.0502. The van der Waals surface area contributed by atoms with Gasteiger partial charge >= 0.3 is 5.97 Å². The van der Waals surface area contributed by atoms with Gasteiger partial charge in [-0.2, -0.15) is 0 Å². The van der Waals surface area contributed by atoms with Crippen molar-refractivity contribution in [3.05, 3.63) is 77.3 Å². The Labute approximate surface area is 195 Å². The van der Waals surface area contributed by atoms with Crippen LogP contribution in [0.5, 0.6) is 0 Å². The molecule has 1 aromatic carbocycles. The van der Waals surface area contributed by atoms with Gasteiger partial charge in [0.05, 0.1) is 17.4 Å². The van der Waals surface area contributed by atoms with Crippen molar-refractivity contribution in [3.8, 4) is 0 Å². The molecule has 0 saturated heterocycles. The zero-order valence-corrected chi connectivity index (χ0v) is 19.1. The van der Waals surface area contributed by atoms with Gasteiger partial charge in [0.25, 0.3) is 0 Å². The predicted octanol–water partition coefficient (Wildman–Crippen LogP) is 5.53. The lowest BCUT2D eigenvalue weighted by atomic mass is 9.67. The Kier molecular flexibility index (Phi) is 6.21. The third-order valence-electron chi connectivity index (χ3n) is 7.28. The molecule has 1 aliphatic heterocycles. The first-order valence-electron chi connectivity index (χ1n) is 12.1. The number of allylic oxidation sites excluding steroid dienone is 1. The molecule has 0 amide bonds. The summed E-state index contributed by atoms with van der Waals surface area (Å²) in [6.07, 6.45) is 8.01. The number of nitrogens with zero attached hydrogens (tertiary/aromatic N) is 2. The molecule has 2 saturated carbocycles. The van der Waals surface area contributed by atoms with Gasteiger partial charge in [-0.3, -0.25) is 14.8 Å². The van der Waals surface area contributed by atoms with Crippen LogP contribution in [-0.4, -0.2) is 28.6 Å². The van der Waals surface area contributed by atoms with Crippen molar-refractivity contribution in [2.24, 2.45) is 10.9 Å². The van der Waals surface area contributed by atoms with Crippen LogP contribution in [0.1, 0.15) is 75.0 Å². The molecule has 1 aromatic heterocycles. The summed E-state index contributed by atoms with van der Waals surface area (Å²) in [5.41, 5.74) is 3.91. The van der Waals surface area contributed by atoms with E-state index in [-0.39, 0.29) is 23.8 Å².